The summed E-state index contributed by atoms with van der Waals surface area (Å²) in [5.41, 5.74) is -0.422. The van der Waals surface area contributed by atoms with Crippen molar-refractivity contribution < 1.29 is 19.8 Å². The normalized spacial score (nSPS) is 18.5. The van der Waals surface area contributed by atoms with Gasteiger partial charge in [0.15, 0.2) is 0 Å². The lowest BCUT2D eigenvalue weighted by molar-refractivity contribution is -0.131. The second kappa shape index (κ2) is 11.2. The number of aliphatic hydroxyl groups is 1. The molecular formula is C20H27N7O5. The molecule has 2 aromatic heterocycles. The molecule has 0 aliphatic carbocycles. The number of β-amino-alcohol motifs (C(OH)–C–C–N with tert-alkyl or cyclic N) is 1. The van der Waals surface area contributed by atoms with Crippen molar-refractivity contribution in [1.82, 2.24) is 24.4 Å². The van der Waals surface area contributed by atoms with E-state index in [9.17, 15) is 14.7 Å². The van der Waals surface area contributed by atoms with Crippen molar-refractivity contribution in [2.24, 2.45) is 0 Å². The Balaban J connectivity index is 0.000000913. The Bertz CT molecular complexity index is 969. The van der Waals surface area contributed by atoms with Crippen LogP contribution in [0.25, 0.3) is 0 Å². The SMILES string of the molecule is O=C(Cn1cccnc1=O)N1CCCN(c2nccc(N3CCC(O)C3)n2)CC1.O=CO. The molecule has 12 heteroatoms. The van der Waals surface area contributed by atoms with Crippen LogP contribution in [0.2, 0.25) is 0 Å². The molecule has 2 aromatic rings. The number of nitrogens with zero attached hydrogens (tertiary/aromatic N) is 7. The van der Waals surface area contributed by atoms with Crippen molar-refractivity contribution in [1.29, 1.82) is 0 Å². The van der Waals surface area contributed by atoms with Crippen LogP contribution in [0.4, 0.5) is 11.8 Å². The van der Waals surface area contributed by atoms with E-state index in [1.807, 2.05) is 6.07 Å². The number of aliphatic hydroxyl groups excluding tert-OH is 1. The van der Waals surface area contributed by atoms with Gasteiger partial charge >= 0.3 is 5.69 Å². The van der Waals surface area contributed by atoms with Gasteiger partial charge in [0.2, 0.25) is 11.9 Å². The Hall–Kier alpha value is -3.54. The van der Waals surface area contributed by atoms with Crippen LogP contribution in [0.15, 0.2) is 35.5 Å². The second-order valence-electron chi connectivity index (χ2n) is 7.46. The summed E-state index contributed by atoms with van der Waals surface area (Å²) in [4.78, 5) is 51.4. The van der Waals surface area contributed by atoms with Crippen LogP contribution in [0.1, 0.15) is 12.8 Å². The Kier molecular flexibility index (Phi) is 8.08. The van der Waals surface area contributed by atoms with Crippen LogP contribution in [0.3, 0.4) is 0 Å². The van der Waals surface area contributed by atoms with Crippen molar-refractivity contribution in [3.05, 3.63) is 41.2 Å². The van der Waals surface area contributed by atoms with Gasteiger partial charge in [-0.2, -0.15) is 4.98 Å². The number of aromatic nitrogens is 4. The third-order valence-electron chi connectivity index (χ3n) is 5.34. The molecule has 0 radical (unpaired) electrons. The number of hydrogen-bond acceptors (Lipinski definition) is 9. The Morgan fingerprint density at radius 2 is 1.94 bits per heavy atom. The minimum absolute atomic E-state index is 0.00402. The molecule has 0 saturated carbocycles. The predicted molar refractivity (Wildman–Crippen MR) is 115 cm³/mol. The highest BCUT2D eigenvalue weighted by atomic mass is 16.3. The summed E-state index contributed by atoms with van der Waals surface area (Å²) in [5, 5.41) is 16.7. The molecule has 172 valence electrons. The molecule has 1 atom stereocenters. The number of carbonyl (C=O) groups excluding carboxylic acids is 1. The van der Waals surface area contributed by atoms with E-state index in [0.29, 0.717) is 32.1 Å². The van der Waals surface area contributed by atoms with E-state index in [0.717, 1.165) is 31.7 Å². The van der Waals surface area contributed by atoms with Crippen LogP contribution in [-0.4, -0.2) is 92.4 Å². The van der Waals surface area contributed by atoms with Crippen molar-refractivity contribution in [3.63, 3.8) is 0 Å². The Morgan fingerprint density at radius 3 is 2.66 bits per heavy atom. The van der Waals surface area contributed by atoms with Crippen molar-refractivity contribution >= 4 is 24.1 Å². The summed E-state index contributed by atoms with van der Waals surface area (Å²) < 4.78 is 1.32. The molecule has 1 unspecified atom stereocenters. The lowest BCUT2D eigenvalue weighted by Crippen LogP contribution is -2.39. The molecule has 1 amide bonds. The van der Waals surface area contributed by atoms with Gasteiger partial charge in [0.25, 0.3) is 6.47 Å². The molecule has 0 bridgehead atoms. The third kappa shape index (κ3) is 6.00. The zero-order valence-electron chi connectivity index (χ0n) is 17.7. The van der Waals surface area contributed by atoms with Gasteiger partial charge in [0.05, 0.1) is 6.10 Å². The maximum absolute atomic E-state index is 12.6. The molecule has 4 heterocycles. The summed E-state index contributed by atoms with van der Waals surface area (Å²) in [6.45, 7) is 3.67. The van der Waals surface area contributed by atoms with Crippen LogP contribution in [0.5, 0.6) is 0 Å². The molecule has 0 aromatic carbocycles. The van der Waals surface area contributed by atoms with Gasteiger partial charge in [-0.15, -0.1) is 0 Å². The molecule has 12 nitrogen and oxygen atoms in total. The highest BCUT2D eigenvalue weighted by Crippen LogP contribution is 2.20. The fourth-order valence-electron chi connectivity index (χ4n) is 3.74. The maximum Gasteiger partial charge on any atom is 0.347 e. The zero-order chi connectivity index (χ0) is 22.9. The molecule has 2 aliphatic heterocycles. The first-order valence-corrected chi connectivity index (χ1v) is 10.4. The standard InChI is InChI=1S/C19H25N7O3.CH2O2/c27-15-4-10-25(13-15)16-3-6-20-18(22-16)24-9-2-8-23(11-12-24)17(28)14-26-7-1-5-21-19(26)29;2-1-3/h1,3,5-7,15,27H,2,4,8-14H2;1H,(H,2,3). The van der Waals surface area contributed by atoms with Crippen molar-refractivity contribution in [2.45, 2.75) is 25.5 Å². The van der Waals surface area contributed by atoms with E-state index in [-0.39, 0.29) is 25.0 Å². The number of hydrogen-bond donors (Lipinski definition) is 2. The van der Waals surface area contributed by atoms with E-state index < -0.39 is 5.69 Å². The molecule has 0 spiro atoms. The van der Waals surface area contributed by atoms with E-state index in [1.54, 1.807) is 23.4 Å². The maximum atomic E-state index is 12.6. The summed E-state index contributed by atoms with van der Waals surface area (Å²) in [6, 6.07) is 3.50. The fraction of sp³-hybridized carbons (Fsp3) is 0.500. The van der Waals surface area contributed by atoms with Crippen LogP contribution < -0.4 is 15.5 Å². The lowest BCUT2D eigenvalue weighted by Gasteiger charge is -2.23. The summed E-state index contributed by atoms with van der Waals surface area (Å²) in [6.07, 6.45) is 5.98. The largest absolute Gasteiger partial charge is 0.483 e. The van der Waals surface area contributed by atoms with Crippen LogP contribution in [-0.2, 0) is 16.1 Å². The van der Waals surface area contributed by atoms with Crippen LogP contribution in [0, 0.1) is 0 Å². The van der Waals surface area contributed by atoms with E-state index in [1.165, 1.54) is 10.8 Å². The highest BCUT2D eigenvalue weighted by molar-refractivity contribution is 5.76. The van der Waals surface area contributed by atoms with Gasteiger partial charge in [-0.25, -0.2) is 14.8 Å². The third-order valence-corrected chi connectivity index (χ3v) is 5.34. The average molecular weight is 445 g/mol. The number of carboxylic acid groups (broad SMARTS) is 1. The van der Waals surface area contributed by atoms with Crippen LogP contribution >= 0.6 is 0 Å². The van der Waals surface area contributed by atoms with Gasteiger partial charge in [-0.1, -0.05) is 0 Å². The van der Waals surface area contributed by atoms with E-state index in [4.69, 9.17) is 9.90 Å². The van der Waals surface area contributed by atoms with Gasteiger partial charge in [0.1, 0.15) is 12.4 Å². The highest BCUT2D eigenvalue weighted by Gasteiger charge is 2.24. The summed E-state index contributed by atoms with van der Waals surface area (Å²) in [7, 11) is 0. The molecular weight excluding hydrogens is 418 g/mol. The molecule has 4 rings (SSSR count). The zero-order valence-corrected chi connectivity index (χ0v) is 17.7. The monoisotopic (exact) mass is 445 g/mol. The fourth-order valence-corrected chi connectivity index (χ4v) is 3.74. The molecule has 2 N–H and O–H groups in total. The van der Waals surface area contributed by atoms with Gasteiger partial charge in [-0.05, 0) is 25.0 Å². The first-order chi connectivity index (χ1) is 15.5. The summed E-state index contributed by atoms with van der Waals surface area (Å²) in [5.74, 6) is 1.36. The van der Waals surface area contributed by atoms with Gasteiger partial charge < -0.3 is 24.9 Å². The first-order valence-electron chi connectivity index (χ1n) is 10.4. The number of carbonyl (C=O) groups is 2. The van der Waals surface area contributed by atoms with Gasteiger partial charge in [-0.3, -0.25) is 14.2 Å². The number of rotatable bonds is 4. The number of anilines is 2. The molecule has 2 aliphatic rings. The second-order valence-corrected chi connectivity index (χ2v) is 7.46. The first kappa shape index (κ1) is 23.1. The molecule has 2 saturated heterocycles. The van der Waals surface area contributed by atoms with Crippen molar-refractivity contribution in [2.75, 3.05) is 49.1 Å². The topological polar surface area (TPSA) is 145 Å². The lowest BCUT2D eigenvalue weighted by atomic mass is 10.3. The minimum atomic E-state index is -0.422. The molecule has 2 fully saturated rings. The number of amides is 1. The quantitative estimate of drug-likeness (QED) is 0.565. The Labute approximate surface area is 184 Å². The predicted octanol–water partition coefficient (Wildman–Crippen LogP) is -0.956. The summed E-state index contributed by atoms with van der Waals surface area (Å²) >= 11 is 0. The molecule has 32 heavy (non-hydrogen) atoms. The van der Waals surface area contributed by atoms with E-state index >= 15 is 0 Å². The van der Waals surface area contributed by atoms with Crippen molar-refractivity contribution in [3.8, 4) is 0 Å². The van der Waals surface area contributed by atoms with Gasteiger partial charge in [0, 0.05) is 57.9 Å². The Morgan fingerprint density at radius 1 is 1.12 bits per heavy atom. The minimum Gasteiger partial charge on any atom is -0.483 e. The average Bonchev–Trinajstić information content (AvgIpc) is 3.07. The smallest absolute Gasteiger partial charge is 0.347 e. The van der Waals surface area contributed by atoms with E-state index in [2.05, 4.69) is 24.8 Å².